The zero-order valence-electron chi connectivity index (χ0n) is 20.2. The monoisotopic (exact) mass is 509 g/mol. The van der Waals surface area contributed by atoms with Crippen molar-refractivity contribution in [2.24, 2.45) is 27.3 Å². The minimum atomic E-state index is -0.824. The van der Waals surface area contributed by atoms with Gasteiger partial charge in [0.05, 0.1) is 28.1 Å². The molecule has 0 amide bonds. The number of rotatable bonds is 3. The summed E-state index contributed by atoms with van der Waals surface area (Å²) in [6.45, 7) is 11.3. The van der Waals surface area contributed by atoms with Crippen molar-refractivity contribution in [3.63, 3.8) is 0 Å². The first-order chi connectivity index (χ1) is 15.5. The Morgan fingerprint density at radius 2 is 1.70 bits per heavy atom. The Morgan fingerprint density at radius 1 is 1.03 bits per heavy atom. The van der Waals surface area contributed by atoms with Crippen molar-refractivity contribution in [3.05, 3.63) is 35.7 Å². The van der Waals surface area contributed by atoms with E-state index in [-0.39, 0.29) is 27.6 Å². The van der Waals surface area contributed by atoms with Gasteiger partial charge in [0.1, 0.15) is 5.41 Å². The van der Waals surface area contributed by atoms with Crippen molar-refractivity contribution >= 4 is 38.6 Å². The molecule has 0 spiro atoms. The molecule has 1 aromatic carbocycles. The minimum Gasteiger partial charge on any atom is -0.317 e. The smallest absolute Gasteiger partial charge is 0.317 e. The summed E-state index contributed by atoms with van der Waals surface area (Å²) in [5.74, 6) is 0.326. The van der Waals surface area contributed by atoms with Gasteiger partial charge >= 0.3 is 5.97 Å². The molecule has 3 saturated carbocycles. The number of hydrogen-bond acceptors (Lipinski definition) is 5. The summed E-state index contributed by atoms with van der Waals surface area (Å²) in [7, 11) is 0. The normalized spacial score (nSPS) is 41.2. The maximum Gasteiger partial charge on any atom is 0.347 e. The average Bonchev–Trinajstić information content (AvgIpc) is 3.32. The van der Waals surface area contributed by atoms with Crippen molar-refractivity contribution in [2.75, 3.05) is 5.33 Å². The molecule has 1 heterocycles. The highest BCUT2D eigenvalue weighted by atomic mass is 79.9. The fraction of sp³-hybridized carbons (Fsp3) is 0.630. The van der Waals surface area contributed by atoms with Crippen molar-refractivity contribution in [3.8, 4) is 0 Å². The van der Waals surface area contributed by atoms with E-state index in [1.165, 1.54) is 6.42 Å². The third kappa shape index (κ3) is 2.25. The van der Waals surface area contributed by atoms with Crippen molar-refractivity contribution in [1.82, 2.24) is 9.97 Å². The van der Waals surface area contributed by atoms with Gasteiger partial charge in [0.2, 0.25) is 0 Å². The number of halogens is 1. The second-order valence-electron chi connectivity index (χ2n) is 12.0. The molecular weight excluding hydrogens is 478 g/mol. The van der Waals surface area contributed by atoms with Crippen LogP contribution in [0, 0.1) is 22.2 Å². The van der Waals surface area contributed by atoms with E-state index in [0.29, 0.717) is 5.92 Å². The van der Waals surface area contributed by atoms with E-state index in [0.717, 1.165) is 59.1 Å². The largest absolute Gasteiger partial charge is 0.347 e. The highest BCUT2D eigenvalue weighted by Crippen LogP contribution is 2.70. The summed E-state index contributed by atoms with van der Waals surface area (Å²) in [5, 5.41) is 5.54. The highest BCUT2D eigenvalue weighted by Gasteiger charge is 2.74. The number of aromatic nitrogens is 2. The van der Waals surface area contributed by atoms with E-state index in [9.17, 15) is 4.79 Å². The van der Waals surface area contributed by atoms with E-state index >= 15 is 0 Å². The number of carbonyl (C=O) groups excluding carboxylic acids is 1. The molecule has 0 radical (unpaired) electrons. The first-order valence-corrected chi connectivity index (χ1v) is 13.3. The van der Waals surface area contributed by atoms with Gasteiger partial charge < -0.3 is 4.84 Å². The van der Waals surface area contributed by atoms with Gasteiger partial charge in [-0.3, -0.25) is 0 Å². The molecule has 6 rings (SSSR count). The number of oxime groups is 1. The summed E-state index contributed by atoms with van der Waals surface area (Å²) in [4.78, 5) is 29.9. The summed E-state index contributed by atoms with van der Waals surface area (Å²) in [6.07, 6.45) is 4.86. The lowest BCUT2D eigenvalue weighted by molar-refractivity contribution is -0.155. The zero-order valence-corrected chi connectivity index (χ0v) is 21.8. The van der Waals surface area contributed by atoms with Crippen LogP contribution in [0.1, 0.15) is 78.1 Å². The third-order valence-electron chi connectivity index (χ3n) is 11.0. The predicted octanol–water partition coefficient (Wildman–Crippen LogP) is 6.08. The fourth-order valence-corrected chi connectivity index (χ4v) is 8.92. The molecule has 5 atom stereocenters. The number of carbonyl (C=O) groups is 1. The highest BCUT2D eigenvalue weighted by molar-refractivity contribution is 9.09. The van der Waals surface area contributed by atoms with Gasteiger partial charge in [0.25, 0.3) is 0 Å². The van der Waals surface area contributed by atoms with Gasteiger partial charge in [-0.05, 0) is 61.0 Å². The second-order valence-corrected chi connectivity index (χ2v) is 12.6. The maximum absolute atomic E-state index is 14.0. The fourth-order valence-electron chi connectivity index (χ4n) is 7.84. The van der Waals surface area contributed by atoms with Crippen LogP contribution in [0.4, 0.5) is 0 Å². The number of benzene rings is 1. The van der Waals surface area contributed by atoms with Gasteiger partial charge in [-0.15, -0.1) is 0 Å². The van der Waals surface area contributed by atoms with Gasteiger partial charge in [0, 0.05) is 16.2 Å². The van der Waals surface area contributed by atoms with Crippen molar-refractivity contribution in [2.45, 2.75) is 77.6 Å². The molecule has 4 aliphatic carbocycles. The van der Waals surface area contributed by atoms with Gasteiger partial charge in [-0.1, -0.05) is 67.8 Å². The standard InChI is InChI=1S/C27H32BrN3O2/c1-23(2)25(4)12-13-27(23,21-20(25)29-17-8-6-7-9-18(17)30-21)22(32)33-31-19-14-16-10-11-24(19,3)26(16,5)15-28/h6-9,16H,10-15H2,1-5H3. The number of para-hydroxylation sites is 2. The molecule has 5 nitrogen and oxygen atoms in total. The number of hydrogen-bond donors (Lipinski definition) is 0. The molecule has 4 bridgehead atoms. The number of nitrogens with zero attached hydrogens (tertiary/aromatic N) is 3. The van der Waals surface area contributed by atoms with Gasteiger partial charge in [-0.25, -0.2) is 14.8 Å². The van der Waals surface area contributed by atoms with Crippen LogP contribution in [0.25, 0.3) is 11.0 Å². The summed E-state index contributed by atoms with van der Waals surface area (Å²) in [6, 6.07) is 7.93. The molecule has 0 saturated heterocycles. The molecule has 2 aromatic rings. The SMILES string of the molecule is CC12CCC(CC1=NOC(=O)C13CCC(C)(c4nc5ccccc5nc41)C3(C)C)C2(C)CBr. The molecule has 33 heavy (non-hydrogen) atoms. The molecule has 3 fully saturated rings. The molecule has 1 aromatic heterocycles. The Labute approximate surface area is 203 Å². The Kier molecular flexibility index (Phi) is 4.23. The third-order valence-corrected chi connectivity index (χ3v) is 12.2. The van der Waals surface area contributed by atoms with Crippen LogP contribution in [0.15, 0.2) is 29.4 Å². The second kappa shape index (κ2) is 6.44. The lowest BCUT2D eigenvalue weighted by Crippen LogP contribution is -2.46. The summed E-state index contributed by atoms with van der Waals surface area (Å²) >= 11 is 3.76. The van der Waals surface area contributed by atoms with Crippen molar-refractivity contribution in [1.29, 1.82) is 0 Å². The average molecular weight is 510 g/mol. The van der Waals surface area contributed by atoms with Crippen LogP contribution >= 0.6 is 15.9 Å². The van der Waals surface area contributed by atoms with Gasteiger partial charge in [0.15, 0.2) is 0 Å². The van der Waals surface area contributed by atoms with Crippen LogP contribution in [0.3, 0.4) is 0 Å². The Balaban J connectivity index is 1.42. The molecule has 0 aliphatic heterocycles. The zero-order chi connectivity index (χ0) is 23.4. The van der Waals surface area contributed by atoms with E-state index < -0.39 is 5.41 Å². The lowest BCUT2D eigenvalue weighted by atomic mass is 9.64. The van der Waals surface area contributed by atoms with Crippen LogP contribution in [-0.4, -0.2) is 27.0 Å². The lowest BCUT2D eigenvalue weighted by Gasteiger charge is -2.38. The number of fused-ring (bicyclic) bond motifs is 8. The Hall–Kier alpha value is -1.82. The molecule has 5 unspecified atom stereocenters. The quantitative estimate of drug-likeness (QED) is 0.285. The minimum absolute atomic E-state index is 0.0254. The molecule has 174 valence electrons. The van der Waals surface area contributed by atoms with E-state index in [2.05, 4.69) is 55.7 Å². The van der Waals surface area contributed by atoms with Gasteiger partial charge in [-0.2, -0.15) is 0 Å². The molecular formula is C27H32BrN3O2. The topological polar surface area (TPSA) is 64.4 Å². The first-order valence-electron chi connectivity index (χ1n) is 12.2. The van der Waals surface area contributed by atoms with Crippen LogP contribution in [0.5, 0.6) is 0 Å². The van der Waals surface area contributed by atoms with E-state index in [4.69, 9.17) is 14.8 Å². The Bertz CT molecular complexity index is 1240. The molecule has 6 heteroatoms. The molecule has 0 N–H and O–H groups in total. The van der Waals surface area contributed by atoms with E-state index in [1.54, 1.807) is 0 Å². The predicted molar refractivity (Wildman–Crippen MR) is 132 cm³/mol. The van der Waals surface area contributed by atoms with Crippen LogP contribution < -0.4 is 0 Å². The first kappa shape index (κ1) is 21.7. The van der Waals surface area contributed by atoms with Crippen LogP contribution in [-0.2, 0) is 20.5 Å². The molecule has 4 aliphatic rings. The summed E-state index contributed by atoms with van der Waals surface area (Å²) in [5.41, 5.74) is 3.24. The summed E-state index contributed by atoms with van der Waals surface area (Å²) < 4.78 is 0. The number of alkyl halides is 1. The van der Waals surface area contributed by atoms with Crippen LogP contribution in [0.2, 0.25) is 0 Å². The maximum atomic E-state index is 14.0. The van der Waals surface area contributed by atoms with E-state index in [1.807, 2.05) is 24.3 Å². The Morgan fingerprint density at radius 3 is 2.33 bits per heavy atom. The van der Waals surface area contributed by atoms with Crippen molar-refractivity contribution < 1.29 is 9.63 Å².